The van der Waals surface area contributed by atoms with Crippen LogP contribution in [0.15, 0.2) is 316 Å². The van der Waals surface area contributed by atoms with Crippen molar-refractivity contribution in [3.8, 4) is 90.1 Å². The standard InChI is InChI=1S/2C18H24NSi.2C15H18NSi.4C14H16NSi.4Ir/c2*1-14(2)11-16-12-17(15-9-7-6-8-10-15)19-13-18(16)20(3,4)5;2*1-12-10-14(13-8-6-5-7-9-13)16-11-15(12)17(2,3)4;4*1-16(2,3)13-9-7-12(8-10-13)14-6-4-5-11-15-14;;;;/h2*6-9,12-14H,11H2,1-5H3;2*5-8,10-11H,1-4H3;4*4-7,9-11H,1-3H3;;;;/q8*-1;;;;. The van der Waals surface area contributed by atoms with Gasteiger partial charge in [-0.15, -0.1) is 284 Å². The summed E-state index contributed by atoms with van der Waals surface area (Å²) >= 11 is 0. The number of rotatable bonds is 20. The van der Waals surface area contributed by atoms with Crippen LogP contribution in [0.25, 0.3) is 90.1 Å². The molecule has 0 amide bonds. The fourth-order valence-electron chi connectivity index (χ4n) is 15.3. The number of aryl methyl sites for hydroxylation is 2. The van der Waals surface area contributed by atoms with Gasteiger partial charge in [-0.1, -0.05) is 280 Å². The number of aromatic nitrogens is 8. The van der Waals surface area contributed by atoms with Crippen molar-refractivity contribution in [2.75, 3.05) is 0 Å². The molecule has 0 aliphatic heterocycles. The molecular weight excluding hydrogens is 2570 g/mol. The van der Waals surface area contributed by atoms with Crippen LogP contribution in [-0.4, -0.2) is 104 Å². The van der Waals surface area contributed by atoms with Crippen LogP contribution in [0.3, 0.4) is 0 Å². The Kier molecular flexibility index (Phi) is 50.0. The molecule has 0 aliphatic rings. The molecule has 0 fully saturated rings. The largest absolute Gasteiger partial charge is 0.305 e. The first-order chi connectivity index (χ1) is 65.0. The molecule has 752 valence electrons. The average Bonchev–Trinajstić information content (AvgIpc) is 0.803. The van der Waals surface area contributed by atoms with Gasteiger partial charge in [-0.3, -0.25) is 0 Å². The quantitative estimate of drug-likeness (QED) is 0.0549. The molecule has 0 unspecified atom stereocenters. The Morgan fingerprint density at radius 3 is 0.577 bits per heavy atom. The van der Waals surface area contributed by atoms with E-state index >= 15 is 0 Å². The maximum Gasteiger partial charge on any atom is 0.0798 e. The van der Waals surface area contributed by atoms with E-state index < -0.39 is 64.6 Å². The Morgan fingerprint density at radius 2 is 0.415 bits per heavy atom. The van der Waals surface area contributed by atoms with E-state index in [4.69, 9.17) is 0 Å². The summed E-state index contributed by atoms with van der Waals surface area (Å²) in [6.45, 7) is 70.1. The molecule has 20 heteroatoms. The van der Waals surface area contributed by atoms with E-state index in [-0.39, 0.29) is 80.4 Å². The van der Waals surface area contributed by atoms with Crippen molar-refractivity contribution in [2.24, 2.45) is 11.8 Å². The molecule has 8 aromatic heterocycles. The van der Waals surface area contributed by atoms with Crippen molar-refractivity contribution in [3.63, 3.8) is 0 Å². The Balaban J connectivity index is 0.000000285. The number of benzene rings is 8. The Bertz CT molecular complexity index is 5780. The predicted molar refractivity (Wildman–Crippen MR) is 618 cm³/mol. The zero-order valence-electron chi connectivity index (χ0n) is 89.5. The minimum absolute atomic E-state index is 0. The minimum atomic E-state index is -1.34. The van der Waals surface area contributed by atoms with Crippen LogP contribution in [0.1, 0.15) is 49.9 Å². The molecule has 16 aromatic rings. The molecule has 16 rings (SSSR count). The van der Waals surface area contributed by atoms with Crippen LogP contribution < -0.4 is 41.5 Å². The second-order valence-corrected chi connectivity index (χ2v) is 84.8. The van der Waals surface area contributed by atoms with Gasteiger partial charge in [-0.25, -0.2) is 0 Å². The van der Waals surface area contributed by atoms with E-state index in [9.17, 15) is 0 Å². The van der Waals surface area contributed by atoms with Gasteiger partial charge in [0.1, 0.15) is 0 Å². The van der Waals surface area contributed by atoms with Crippen LogP contribution in [-0.2, 0) is 93.3 Å². The third-order valence-corrected chi connectivity index (χ3v) is 39.7. The first kappa shape index (κ1) is 124. The molecule has 0 spiro atoms. The maximum atomic E-state index is 4.69. The molecule has 142 heavy (non-hydrogen) atoms. The van der Waals surface area contributed by atoms with Gasteiger partial charge in [-0.2, -0.15) is 0 Å². The van der Waals surface area contributed by atoms with Gasteiger partial charge in [0.05, 0.1) is 32.3 Å². The molecule has 0 atom stereocenters. The third kappa shape index (κ3) is 40.3. The molecule has 0 aliphatic carbocycles. The molecule has 0 saturated carbocycles. The van der Waals surface area contributed by atoms with Gasteiger partial charge < -0.3 is 39.9 Å². The van der Waals surface area contributed by atoms with E-state index in [1.165, 1.54) is 63.7 Å². The summed E-state index contributed by atoms with van der Waals surface area (Å²) in [6, 6.07) is 117. The Hall–Kier alpha value is -8.71. The van der Waals surface area contributed by atoms with Crippen molar-refractivity contribution in [1.29, 1.82) is 0 Å². The fourth-order valence-corrected chi connectivity index (χ4v) is 26.3. The summed E-state index contributed by atoms with van der Waals surface area (Å²) in [5.41, 5.74) is 22.3. The summed E-state index contributed by atoms with van der Waals surface area (Å²) in [4.78, 5) is 35.8. The van der Waals surface area contributed by atoms with E-state index in [1.807, 2.05) is 170 Å². The van der Waals surface area contributed by atoms with Gasteiger partial charge in [0.25, 0.3) is 0 Å². The topological polar surface area (TPSA) is 103 Å². The van der Waals surface area contributed by atoms with E-state index in [1.54, 1.807) is 0 Å². The molecule has 4 radical (unpaired) electrons. The van der Waals surface area contributed by atoms with Crippen molar-refractivity contribution >= 4 is 106 Å². The number of pyridine rings is 8. The fraction of sp³-hybridized carbons (Fsp3) is 0.279. The summed E-state index contributed by atoms with van der Waals surface area (Å²) in [7, 11) is -10.1. The van der Waals surface area contributed by atoms with Crippen molar-refractivity contribution < 1.29 is 80.4 Å². The predicted octanol–water partition coefficient (Wildman–Crippen LogP) is 27.8. The van der Waals surface area contributed by atoms with Gasteiger partial charge in [0, 0.05) is 162 Å². The summed E-state index contributed by atoms with van der Waals surface area (Å²) in [5.74, 6) is 1.33. The molecule has 8 aromatic carbocycles. The molecule has 0 N–H and O–H groups in total. The van der Waals surface area contributed by atoms with E-state index in [0.29, 0.717) is 11.8 Å². The first-order valence-electron chi connectivity index (χ1n) is 48.6. The number of nitrogens with zero attached hydrogens (tertiary/aromatic N) is 8. The molecule has 0 bridgehead atoms. The summed E-state index contributed by atoms with van der Waals surface area (Å²) in [6.07, 6.45) is 17.8. The van der Waals surface area contributed by atoms with Crippen LogP contribution in [0.2, 0.25) is 157 Å². The normalized spacial score (nSPS) is 11.3. The average molecular weight is 2720 g/mol. The van der Waals surface area contributed by atoms with Crippen LogP contribution in [0.4, 0.5) is 0 Å². The SMILES string of the molecule is CC(C)Cc1cc(-c2[c-]cccc2)ncc1[Si](C)(C)C.CC(C)Cc1cc(-c2[c-]cccc2)ncc1[Si](C)(C)C.C[Si](C)(C)c1c[c-]c(-c2ccccn2)cc1.C[Si](C)(C)c1c[c-]c(-c2ccccn2)cc1.C[Si](C)(C)c1c[c-]c(-c2ccccn2)cc1.C[Si](C)(C)c1c[c-]c(-c2ccccn2)cc1.Cc1cc(-c2[c-]cccc2)ncc1[Si](C)(C)C.Cc1cc(-c2[c-]cccc2)ncc1[Si](C)(C)C.[Ir].[Ir].[Ir].[Ir]. The molecular formula is C122H148Ir4N8Si8-8. The van der Waals surface area contributed by atoms with E-state index in [0.717, 1.165) is 103 Å². The zero-order chi connectivity index (χ0) is 101. The third-order valence-electron chi connectivity index (χ3n) is 23.1. The molecule has 0 saturated heterocycles. The Labute approximate surface area is 917 Å². The second-order valence-electron chi connectivity index (χ2n) is 44.3. The maximum absolute atomic E-state index is 4.69. The Morgan fingerprint density at radius 1 is 0.211 bits per heavy atom. The minimum Gasteiger partial charge on any atom is -0.305 e. The summed E-state index contributed by atoms with van der Waals surface area (Å²) < 4.78 is 0. The summed E-state index contributed by atoms with van der Waals surface area (Å²) in [5, 5.41) is 11.6. The van der Waals surface area contributed by atoms with Gasteiger partial charge in [-0.05, 0) is 129 Å². The smallest absolute Gasteiger partial charge is 0.0798 e. The number of hydrogen-bond donors (Lipinski definition) is 0. The van der Waals surface area contributed by atoms with Gasteiger partial charge in [0.15, 0.2) is 0 Å². The van der Waals surface area contributed by atoms with Crippen LogP contribution in [0, 0.1) is 74.2 Å². The molecule has 8 nitrogen and oxygen atoms in total. The van der Waals surface area contributed by atoms with Gasteiger partial charge in [0.2, 0.25) is 0 Å². The van der Waals surface area contributed by atoms with Crippen molar-refractivity contribution in [3.05, 3.63) is 387 Å². The second kappa shape index (κ2) is 57.4. The number of hydrogen-bond acceptors (Lipinski definition) is 8. The van der Waals surface area contributed by atoms with Crippen molar-refractivity contribution in [1.82, 2.24) is 39.9 Å². The van der Waals surface area contributed by atoms with Crippen LogP contribution in [0.5, 0.6) is 0 Å². The van der Waals surface area contributed by atoms with E-state index in [2.05, 4.69) is 433 Å². The van der Waals surface area contributed by atoms with Gasteiger partial charge >= 0.3 is 0 Å². The zero-order valence-corrected chi connectivity index (χ0v) is 107. The van der Waals surface area contributed by atoms with Crippen molar-refractivity contribution in [2.45, 2.75) is 212 Å². The molecule has 8 heterocycles. The monoisotopic (exact) mass is 2720 g/mol. The first-order valence-corrected chi connectivity index (χ1v) is 76.6. The van der Waals surface area contributed by atoms with Crippen LogP contribution >= 0.6 is 0 Å².